The Morgan fingerprint density at radius 1 is 1.35 bits per heavy atom. The molecule has 0 bridgehead atoms. The standard InChI is InChI=1S/C28H37N5O/c1-9-28(7,8)13-12-23(17-29)22-10-11-24-26(16-22)34-15-14-32-18-25(30-27(24)32)21(6)33(20(4)5)31-19(2)3/h9-12,16-18,20,29H,1,6,13-15H2,2-5,7-8H3/b23-12+,29-17?. The van der Waals surface area contributed by atoms with E-state index in [2.05, 4.69) is 56.6 Å². The number of nitrogens with zero attached hydrogens (tertiary/aromatic N) is 4. The molecule has 34 heavy (non-hydrogen) atoms. The second kappa shape index (κ2) is 10.2. The van der Waals surface area contributed by atoms with E-state index in [1.807, 2.05) is 49.3 Å². The molecule has 0 atom stereocenters. The Morgan fingerprint density at radius 3 is 2.71 bits per heavy atom. The van der Waals surface area contributed by atoms with E-state index in [1.165, 1.54) is 6.21 Å². The molecular formula is C28H37N5O. The van der Waals surface area contributed by atoms with Crippen LogP contribution in [0.5, 0.6) is 5.75 Å². The molecule has 1 aromatic heterocycles. The number of benzene rings is 1. The normalized spacial score (nSPS) is 13.3. The number of hydrogen-bond acceptors (Lipinski definition) is 5. The highest BCUT2D eigenvalue weighted by molar-refractivity contribution is 6.08. The lowest BCUT2D eigenvalue weighted by molar-refractivity contribution is 0.306. The molecule has 1 N–H and O–H groups in total. The lowest BCUT2D eigenvalue weighted by Crippen LogP contribution is -2.24. The summed E-state index contributed by atoms with van der Waals surface area (Å²) in [5.74, 6) is 1.63. The molecule has 0 saturated heterocycles. The molecule has 1 aliphatic heterocycles. The second-order valence-corrected chi connectivity index (χ2v) is 9.84. The van der Waals surface area contributed by atoms with Crippen molar-refractivity contribution in [1.29, 1.82) is 5.41 Å². The maximum atomic E-state index is 7.93. The number of allylic oxidation sites excluding steroid dienone is 3. The molecule has 6 heteroatoms. The van der Waals surface area contributed by atoms with Gasteiger partial charge in [-0.2, -0.15) is 5.10 Å². The van der Waals surface area contributed by atoms with E-state index in [0.29, 0.717) is 13.2 Å². The van der Waals surface area contributed by atoms with Crippen LogP contribution in [-0.2, 0) is 6.54 Å². The minimum absolute atomic E-state index is 0.0236. The highest BCUT2D eigenvalue weighted by atomic mass is 16.5. The van der Waals surface area contributed by atoms with E-state index in [1.54, 1.807) is 0 Å². The van der Waals surface area contributed by atoms with E-state index < -0.39 is 0 Å². The first-order valence-electron chi connectivity index (χ1n) is 11.8. The summed E-state index contributed by atoms with van der Waals surface area (Å²) in [5.41, 5.74) is 5.27. The average Bonchev–Trinajstić information content (AvgIpc) is 3.13. The zero-order valence-electron chi connectivity index (χ0n) is 21.4. The summed E-state index contributed by atoms with van der Waals surface area (Å²) < 4.78 is 8.21. The van der Waals surface area contributed by atoms with Crippen molar-refractivity contribution in [2.75, 3.05) is 6.61 Å². The molecule has 180 valence electrons. The van der Waals surface area contributed by atoms with Crippen LogP contribution in [0, 0.1) is 10.8 Å². The van der Waals surface area contributed by atoms with Gasteiger partial charge in [0.1, 0.15) is 23.9 Å². The van der Waals surface area contributed by atoms with E-state index in [-0.39, 0.29) is 11.5 Å². The molecule has 0 spiro atoms. The molecule has 0 saturated carbocycles. The topological polar surface area (TPSA) is 66.5 Å². The van der Waals surface area contributed by atoms with Gasteiger partial charge in [-0.3, -0.25) is 5.01 Å². The number of ether oxygens (including phenoxy) is 1. The molecule has 0 radical (unpaired) electrons. The number of hydrogen-bond donors (Lipinski definition) is 1. The van der Waals surface area contributed by atoms with E-state index in [0.717, 1.165) is 51.8 Å². The molecule has 2 heterocycles. The zero-order valence-corrected chi connectivity index (χ0v) is 21.4. The molecule has 0 aliphatic carbocycles. The molecule has 1 aliphatic rings. The highest BCUT2D eigenvalue weighted by Gasteiger charge is 2.22. The minimum atomic E-state index is -0.0236. The first-order valence-corrected chi connectivity index (χ1v) is 11.8. The number of nitrogens with one attached hydrogen (secondary N) is 1. The van der Waals surface area contributed by atoms with Gasteiger partial charge in [0.05, 0.1) is 17.8 Å². The Bertz CT molecular complexity index is 1150. The van der Waals surface area contributed by atoms with Crippen molar-refractivity contribution in [2.45, 2.75) is 60.5 Å². The van der Waals surface area contributed by atoms with Crippen molar-refractivity contribution in [1.82, 2.24) is 14.6 Å². The Balaban J connectivity index is 1.98. The smallest absolute Gasteiger partial charge is 0.144 e. The van der Waals surface area contributed by atoms with Crippen LogP contribution in [0.4, 0.5) is 0 Å². The fraction of sp³-hybridized carbons (Fsp3) is 0.393. The van der Waals surface area contributed by atoms with Gasteiger partial charge in [-0.05, 0) is 62.8 Å². The van der Waals surface area contributed by atoms with Gasteiger partial charge in [-0.25, -0.2) is 4.98 Å². The van der Waals surface area contributed by atoms with Crippen molar-refractivity contribution in [2.24, 2.45) is 10.5 Å². The Morgan fingerprint density at radius 2 is 2.09 bits per heavy atom. The van der Waals surface area contributed by atoms with Crippen LogP contribution in [-0.4, -0.2) is 39.1 Å². The summed E-state index contributed by atoms with van der Waals surface area (Å²) in [7, 11) is 0. The van der Waals surface area contributed by atoms with Crippen LogP contribution in [0.1, 0.15) is 59.2 Å². The second-order valence-electron chi connectivity index (χ2n) is 9.84. The number of rotatable bonds is 9. The Labute approximate surface area is 203 Å². The number of imidazole rings is 1. The summed E-state index contributed by atoms with van der Waals surface area (Å²) in [6, 6.07) is 6.24. The van der Waals surface area contributed by atoms with Crippen molar-refractivity contribution < 1.29 is 4.74 Å². The third-order valence-electron chi connectivity index (χ3n) is 5.85. The van der Waals surface area contributed by atoms with Gasteiger partial charge in [0.25, 0.3) is 0 Å². The summed E-state index contributed by atoms with van der Waals surface area (Å²) in [5, 5.41) is 14.5. The van der Waals surface area contributed by atoms with Crippen LogP contribution >= 0.6 is 0 Å². The average molecular weight is 460 g/mol. The Hall–Kier alpha value is -3.41. The fourth-order valence-electron chi connectivity index (χ4n) is 3.74. The van der Waals surface area contributed by atoms with Gasteiger partial charge in [-0.15, -0.1) is 6.58 Å². The fourth-order valence-corrected chi connectivity index (χ4v) is 3.74. The molecule has 0 unspecified atom stereocenters. The summed E-state index contributed by atoms with van der Waals surface area (Å²) in [6.07, 6.45) is 8.27. The molecular weight excluding hydrogens is 422 g/mol. The first-order chi connectivity index (χ1) is 16.1. The van der Waals surface area contributed by atoms with Crippen molar-refractivity contribution in [3.63, 3.8) is 0 Å². The number of aromatic nitrogens is 2. The quantitative estimate of drug-likeness (QED) is 0.259. The van der Waals surface area contributed by atoms with Crippen LogP contribution in [0.15, 0.2) is 54.8 Å². The van der Waals surface area contributed by atoms with Crippen LogP contribution in [0.2, 0.25) is 0 Å². The monoisotopic (exact) mass is 459 g/mol. The van der Waals surface area contributed by atoms with Crippen molar-refractivity contribution in [3.8, 4) is 17.1 Å². The van der Waals surface area contributed by atoms with Crippen LogP contribution in [0.25, 0.3) is 22.7 Å². The van der Waals surface area contributed by atoms with Gasteiger partial charge in [0.2, 0.25) is 0 Å². The molecule has 0 fully saturated rings. The zero-order chi connectivity index (χ0) is 25.0. The highest BCUT2D eigenvalue weighted by Crippen LogP contribution is 2.36. The summed E-state index contributed by atoms with van der Waals surface area (Å²) >= 11 is 0. The van der Waals surface area contributed by atoms with Crippen LogP contribution < -0.4 is 4.74 Å². The number of hydrazone groups is 1. The molecule has 3 rings (SSSR count). The van der Waals surface area contributed by atoms with E-state index in [4.69, 9.17) is 15.1 Å². The van der Waals surface area contributed by atoms with Crippen molar-refractivity contribution >= 4 is 23.2 Å². The maximum Gasteiger partial charge on any atom is 0.144 e. The van der Waals surface area contributed by atoms with E-state index in [9.17, 15) is 0 Å². The van der Waals surface area contributed by atoms with Gasteiger partial charge in [0, 0.05) is 24.2 Å². The van der Waals surface area contributed by atoms with E-state index >= 15 is 0 Å². The number of fused-ring (bicyclic) bond motifs is 3. The van der Waals surface area contributed by atoms with Crippen LogP contribution in [0.3, 0.4) is 0 Å². The first kappa shape index (κ1) is 25.2. The summed E-state index contributed by atoms with van der Waals surface area (Å²) in [6.45, 7) is 21.8. The van der Waals surface area contributed by atoms with Gasteiger partial charge in [0.15, 0.2) is 0 Å². The minimum Gasteiger partial charge on any atom is -0.491 e. The predicted octanol–water partition coefficient (Wildman–Crippen LogP) is 6.65. The lowest BCUT2D eigenvalue weighted by Gasteiger charge is -2.25. The summed E-state index contributed by atoms with van der Waals surface area (Å²) in [4.78, 5) is 4.94. The SMILES string of the molecule is C=CC(C)(C)C/C=C(\C=N)c1ccc2c(c1)OCCn1cc(C(=C)N(N=C(C)C)C(C)C)nc1-2. The third kappa shape index (κ3) is 5.56. The molecule has 0 amide bonds. The maximum absolute atomic E-state index is 7.93. The lowest BCUT2D eigenvalue weighted by atomic mass is 9.88. The molecule has 6 nitrogen and oxygen atoms in total. The van der Waals surface area contributed by atoms with Gasteiger partial charge < -0.3 is 14.7 Å². The molecule has 1 aromatic carbocycles. The third-order valence-corrected chi connectivity index (χ3v) is 5.85. The largest absolute Gasteiger partial charge is 0.491 e. The van der Waals surface area contributed by atoms with Crippen molar-refractivity contribution in [3.05, 3.63) is 61.0 Å². The Kier molecular flexibility index (Phi) is 7.60. The van der Waals surface area contributed by atoms with Gasteiger partial charge in [-0.1, -0.05) is 38.6 Å². The molecule has 2 aromatic rings. The van der Waals surface area contributed by atoms with Gasteiger partial charge >= 0.3 is 0 Å². The predicted molar refractivity (Wildman–Crippen MR) is 143 cm³/mol.